The second-order valence-corrected chi connectivity index (χ2v) is 9.76. The van der Waals surface area contributed by atoms with Crippen molar-refractivity contribution in [3.63, 3.8) is 0 Å². The predicted molar refractivity (Wildman–Crippen MR) is 154 cm³/mol. The molecule has 5 heteroatoms. The van der Waals surface area contributed by atoms with Gasteiger partial charge in [0.25, 0.3) is 5.91 Å². The molecule has 0 spiro atoms. The van der Waals surface area contributed by atoms with E-state index in [0.717, 1.165) is 47.8 Å². The number of aryl methyl sites for hydroxylation is 1. The van der Waals surface area contributed by atoms with Gasteiger partial charge in [-0.1, -0.05) is 78.9 Å². The highest BCUT2D eigenvalue weighted by molar-refractivity contribution is 6.08. The normalized spacial score (nSPS) is 12.4. The van der Waals surface area contributed by atoms with Gasteiger partial charge in [-0.15, -0.1) is 0 Å². The van der Waals surface area contributed by atoms with E-state index in [0.29, 0.717) is 5.56 Å². The summed E-state index contributed by atoms with van der Waals surface area (Å²) in [7, 11) is 2.10. The average Bonchev–Trinajstić information content (AvgIpc) is 3.15. The number of para-hydroxylation sites is 1. The van der Waals surface area contributed by atoms with Gasteiger partial charge < -0.3 is 14.8 Å². The molecular formula is C33H30N4O. The minimum Gasteiger partial charge on any atom is -0.366 e. The fourth-order valence-electron chi connectivity index (χ4n) is 5.33. The number of rotatable bonds is 5. The SMILES string of the molecule is Cc1nc2c(n1C)-c1ccccc1N(Cc1ccc(NC(=O)c3ccccc3-c3ccccc3)cc1)CC2. The number of carbonyl (C=O) groups excluding carboxylic acids is 1. The van der Waals surface area contributed by atoms with E-state index >= 15 is 0 Å². The van der Waals surface area contributed by atoms with Gasteiger partial charge in [-0.05, 0) is 47.9 Å². The molecule has 0 saturated heterocycles. The average molecular weight is 499 g/mol. The second-order valence-electron chi connectivity index (χ2n) is 9.76. The number of anilines is 2. The van der Waals surface area contributed by atoms with E-state index in [9.17, 15) is 4.79 Å². The van der Waals surface area contributed by atoms with Crippen molar-refractivity contribution < 1.29 is 4.79 Å². The maximum absolute atomic E-state index is 13.2. The van der Waals surface area contributed by atoms with Crippen LogP contribution in [0, 0.1) is 6.92 Å². The first-order valence-electron chi connectivity index (χ1n) is 13.0. The van der Waals surface area contributed by atoms with Crippen LogP contribution in [0.3, 0.4) is 0 Å². The van der Waals surface area contributed by atoms with E-state index < -0.39 is 0 Å². The summed E-state index contributed by atoms with van der Waals surface area (Å²) in [5.74, 6) is 0.932. The standard InChI is InChI=1S/C33H30N4O/c1-23-34-30-20-21-37(31-15-9-8-14-29(31)32(30)36(23)2)22-24-16-18-26(19-17-24)35-33(38)28-13-7-6-12-27(28)25-10-4-3-5-11-25/h3-19H,20-22H2,1-2H3,(H,35,38). The third-order valence-corrected chi connectivity index (χ3v) is 7.35. The number of carbonyl (C=O) groups is 1. The molecule has 1 amide bonds. The van der Waals surface area contributed by atoms with Gasteiger partial charge in [0.2, 0.25) is 0 Å². The number of nitrogens with zero attached hydrogens (tertiary/aromatic N) is 3. The van der Waals surface area contributed by atoms with Crippen LogP contribution >= 0.6 is 0 Å². The van der Waals surface area contributed by atoms with Crippen LogP contribution in [0.15, 0.2) is 103 Å². The Morgan fingerprint density at radius 3 is 2.32 bits per heavy atom. The molecule has 0 fully saturated rings. The minimum atomic E-state index is -0.112. The number of fused-ring (bicyclic) bond motifs is 3. The van der Waals surface area contributed by atoms with Crippen molar-refractivity contribution in [2.75, 3.05) is 16.8 Å². The molecule has 1 N–H and O–H groups in total. The van der Waals surface area contributed by atoms with Crippen LogP contribution in [0.4, 0.5) is 11.4 Å². The van der Waals surface area contributed by atoms with Gasteiger partial charge in [-0.2, -0.15) is 0 Å². The third-order valence-electron chi connectivity index (χ3n) is 7.35. The lowest BCUT2D eigenvalue weighted by atomic mass is 9.99. The summed E-state index contributed by atoms with van der Waals surface area (Å²) < 4.78 is 2.20. The van der Waals surface area contributed by atoms with Crippen LogP contribution in [-0.4, -0.2) is 22.0 Å². The van der Waals surface area contributed by atoms with Gasteiger partial charge in [0, 0.05) is 49.1 Å². The van der Waals surface area contributed by atoms with Gasteiger partial charge in [0.15, 0.2) is 0 Å². The Kier molecular flexibility index (Phi) is 6.26. The Labute approximate surface area is 223 Å². The van der Waals surface area contributed by atoms with Crippen molar-refractivity contribution >= 4 is 17.3 Å². The molecule has 4 aromatic carbocycles. The molecular weight excluding hydrogens is 468 g/mol. The quantitative estimate of drug-likeness (QED) is 0.287. The number of aromatic nitrogens is 2. The molecule has 38 heavy (non-hydrogen) atoms. The zero-order chi connectivity index (χ0) is 26.1. The molecule has 5 aromatic rings. The Bertz CT molecular complexity index is 1600. The molecule has 5 nitrogen and oxygen atoms in total. The van der Waals surface area contributed by atoms with Crippen molar-refractivity contribution in [2.45, 2.75) is 19.9 Å². The molecule has 0 bridgehead atoms. The first kappa shape index (κ1) is 23.7. The fraction of sp³-hybridized carbons (Fsp3) is 0.152. The number of hydrogen-bond acceptors (Lipinski definition) is 3. The highest BCUT2D eigenvalue weighted by atomic mass is 16.1. The van der Waals surface area contributed by atoms with E-state index in [1.54, 1.807) is 0 Å². The monoisotopic (exact) mass is 498 g/mol. The molecule has 6 rings (SSSR count). The molecule has 1 aromatic heterocycles. The number of hydrogen-bond donors (Lipinski definition) is 1. The predicted octanol–water partition coefficient (Wildman–Crippen LogP) is 6.88. The molecule has 0 aliphatic carbocycles. The van der Waals surface area contributed by atoms with Crippen LogP contribution < -0.4 is 10.2 Å². The molecule has 0 radical (unpaired) electrons. The molecule has 1 aliphatic rings. The van der Waals surface area contributed by atoms with Crippen molar-refractivity contribution in [2.24, 2.45) is 7.05 Å². The Morgan fingerprint density at radius 2 is 1.53 bits per heavy atom. The number of amides is 1. The summed E-state index contributed by atoms with van der Waals surface area (Å²) in [4.78, 5) is 20.5. The van der Waals surface area contributed by atoms with Crippen LogP contribution in [0.2, 0.25) is 0 Å². The van der Waals surface area contributed by atoms with Gasteiger partial charge in [-0.25, -0.2) is 4.98 Å². The number of benzene rings is 4. The van der Waals surface area contributed by atoms with Gasteiger partial charge in [-0.3, -0.25) is 4.79 Å². The van der Waals surface area contributed by atoms with E-state index in [2.05, 4.69) is 65.2 Å². The zero-order valence-corrected chi connectivity index (χ0v) is 21.7. The summed E-state index contributed by atoms with van der Waals surface area (Å²) in [5, 5.41) is 3.08. The van der Waals surface area contributed by atoms with Crippen molar-refractivity contribution in [1.29, 1.82) is 0 Å². The Morgan fingerprint density at radius 1 is 0.842 bits per heavy atom. The molecule has 1 aliphatic heterocycles. The molecule has 0 saturated carbocycles. The summed E-state index contributed by atoms with van der Waals surface area (Å²) in [6, 6.07) is 34.5. The van der Waals surface area contributed by atoms with Crippen molar-refractivity contribution in [3.05, 3.63) is 126 Å². The minimum absolute atomic E-state index is 0.112. The van der Waals surface area contributed by atoms with E-state index in [-0.39, 0.29) is 5.91 Å². The molecule has 188 valence electrons. The summed E-state index contributed by atoms with van der Waals surface area (Å²) in [6.45, 7) is 3.75. The molecule has 0 atom stereocenters. The zero-order valence-electron chi connectivity index (χ0n) is 21.7. The number of nitrogens with one attached hydrogen (secondary N) is 1. The van der Waals surface area contributed by atoms with Gasteiger partial charge >= 0.3 is 0 Å². The van der Waals surface area contributed by atoms with E-state index in [1.165, 1.54) is 22.5 Å². The Balaban J connectivity index is 1.20. The van der Waals surface area contributed by atoms with Gasteiger partial charge in [0.05, 0.1) is 11.4 Å². The first-order valence-corrected chi connectivity index (χ1v) is 13.0. The second kappa shape index (κ2) is 10.0. The van der Waals surface area contributed by atoms with Crippen LogP contribution in [-0.2, 0) is 20.0 Å². The maximum Gasteiger partial charge on any atom is 0.256 e. The fourth-order valence-corrected chi connectivity index (χ4v) is 5.33. The smallest absolute Gasteiger partial charge is 0.256 e. The van der Waals surface area contributed by atoms with E-state index in [1.807, 2.05) is 66.7 Å². The lowest BCUT2D eigenvalue weighted by Crippen LogP contribution is -2.24. The molecule has 0 unspecified atom stereocenters. The summed E-state index contributed by atoms with van der Waals surface area (Å²) in [6.07, 6.45) is 0.903. The highest BCUT2D eigenvalue weighted by Gasteiger charge is 2.24. The first-order chi connectivity index (χ1) is 18.6. The lowest BCUT2D eigenvalue weighted by molar-refractivity contribution is 0.102. The maximum atomic E-state index is 13.2. The van der Waals surface area contributed by atoms with Crippen LogP contribution in [0.5, 0.6) is 0 Å². The number of imidazole rings is 1. The van der Waals surface area contributed by atoms with Gasteiger partial charge in [0.1, 0.15) is 5.82 Å². The Hall–Kier alpha value is -4.64. The topological polar surface area (TPSA) is 50.2 Å². The van der Waals surface area contributed by atoms with Crippen LogP contribution in [0.25, 0.3) is 22.4 Å². The third kappa shape index (κ3) is 4.48. The van der Waals surface area contributed by atoms with Crippen LogP contribution in [0.1, 0.15) is 27.4 Å². The summed E-state index contributed by atoms with van der Waals surface area (Å²) >= 11 is 0. The van der Waals surface area contributed by atoms with Crippen molar-refractivity contribution in [3.8, 4) is 22.4 Å². The van der Waals surface area contributed by atoms with Crippen molar-refractivity contribution in [1.82, 2.24) is 9.55 Å². The molecule has 2 heterocycles. The summed E-state index contributed by atoms with van der Waals surface area (Å²) in [5.41, 5.74) is 9.41. The lowest BCUT2D eigenvalue weighted by Gasteiger charge is -2.25. The van der Waals surface area contributed by atoms with E-state index in [4.69, 9.17) is 4.98 Å². The largest absolute Gasteiger partial charge is 0.366 e. The highest BCUT2D eigenvalue weighted by Crippen LogP contribution is 2.37.